The van der Waals surface area contributed by atoms with Gasteiger partial charge in [0, 0.05) is 26.2 Å². The Labute approximate surface area is 221 Å². The number of hydrogen-bond acceptors (Lipinski definition) is 8. The van der Waals surface area contributed by atoms with Gasteiger partial charge < -0.3 is 19.7 Å². The number of rotatable bonds is 6. The van der Waals surface area contributed by atoms with E-state index in [1.165, 1.54) is 0 Å². The Hall–Kier alpha value is -3.52. The molecule has 14 heteroatoms. The van der Waals surface area contributed by atoms with Gasteiger partial charge in [0.25, 0.3) is 0 Å². The Morgan fingerprint density at radius 3 is 2.58 bits per heavy atom. The molecule has 5 rings (SSSR count). The van der Waals surface area contributed by atoms with E-state index in [-0.39, 0.29) is 30.0 Å². The van der Waals surface area contributed by atoms with Gasteiger partial charge in [-0.25, -0.2) is 19.6 Å². The number of hydrogen-bond donors (Lipinski definition) is 1. The SMILES string of the molecule is Cc1nc(C)n(CC(=O)N2CCN(c3sc(C(F)(F)F)nc3-c3nc4ccccc4[nH]3)C[C@H]2CN(C)C)n1. The summed E-state index contributed by atoms with van der Waals surface area (Å²) in [5, 5.41) is 3.75. The number of thiazole rings is 1. The molecule has 0 radical (unpaired) electrons. The number of para-hydroxylation sites is 2. The van der Waals surface area contributed by atoms with Crippen molar-refractivity contribution in [1.82, 2.24) is 39.5 Å². The van der Waals surface area contributed by atoms with Crippen molar-refractivity contribution >= 4 is 33.3 Å². The number of piperazine rings is 1. The second-order valence-corrected chi connectivity index (χ2v) is 10.6. The number of nitrogens with one attached hydrogen (secondary N) is 1. The molecule has 202 valence electrons. The minimum absolute atomic E-state index is 0.0552. The monoisotopic (exact) mass is 547 g/mol. The van der Waals surface area contributed by atoms with E-state index in [0.29, 0.717) is 59.7 Å². The third-order valence-corrected chi connectivity index (χ3v) is 7.54. The zero-order valence-electron chi connectivity index (χ0n) is 21.5. The highest BCUT2D eigenvalue weighted by Gasteiger charge is 2.39. The zero-order chi connectivity index (χ0) is 27.2. The van der Waals surface area contributed by atoms with Gasteiger partial charge in [-0.1, -0.05) is 23.5 Å². The van der Waals surface area contributed by atoms with E-state index < -0.39 is 11.2 Å². The molecule has 1 amide bonds. The number of fused-ring (bicyclic) bond motifs is 1. The van der Waals surface area contributed by atoms with Crippen LogP contribution in [0.3, 0.4) is 0 Å². The molecule has 1 saturated heterocycles. The Kier molecular flexibility index (Phi) is 6.86. The molecule has 0 bridgehead atoms. The number of aromatic nitrogens is 6. The lowest BCUT2D eigenvalue weighted by Gasteiger charge is -2.43. The number of benzene rings is 1. The molecular weight excluding hydrogens is 519 g/mol. The van der Waals surface area contributed by atoms with E-state index in [0.717, 1.165) is 5.52 Å². The summed E-state index contributed by atoms with van der Waals surface area (Å²) in [4.78, 5) is 34.8. The Bertz CT molecular complexity index is 1420. The average Bonchev–Trinajstić information content (AvgIpc) is 3.54. The van der Waals surface area contributed by atoms with E-state index in [1.807, 2.05) is 42.1 Å². The first-order chi connectivity index (χ1) is 18.0. The largest absolute Gasteiger partial charge is 0.443 e. The van der Waals surface area contributed by atoms with Crippen LogP contribution in [-0.4, -0.2) is 91.7 Å². The molecule has 4 heterocycles. The normalized spacial score (nSPS) is 16.7. The number of alkyl halides is 3. The van der Waals surface area contributed by atoms with Gasteiger partial charge >= 0.3 is 6.18 Å². The highest BCUT2D eigenvalue weighted by atomic mass is 32.1. The molecule has 1 aromatic carbocycles. The van der Waals surface area contributed by atoms with Crippen LogP contribution in [0.5, 0.6) is 0 Å². The summed E-state index contributed by atoms with van der Waals surface area (Å²) in [7, 11) is 3.81. The number of halogens is 3. The first-order valence-corrected chi connectivity index (χ1v) is 12.9. The maximum atomic E-state index is 13.8. The number of amides is 1. The Balaban J connectivity index is 1.46. The second kappa shape index (κ2) is 9.98. The van der Waals surface area contributed by atoms with E-state index >= 15 is 0 Å². The fourth-order valence-corrected chi connectivity index (χ4v) is 5.71. The lowest BCUT2D eigenvalue weighted by molar-refractivity contribution is -0.137. The van der Waals surface area contributed by atoms with Gasteiger partial charge in [-0.2, -0.15) is 18.3 Å². The summed E-state index contributed by atoms with van der Waals surface area (Å²) in [5.41, 5.74) is 1.53. The maximum Gasteiger partial charge on any atom is 0.443 e. The number of carbonyl (C=O) groups excluding carboxylic acids is 1. The third-order valence-electron chi connectivity index (χ3n) is 6.38. The molecule has 4 aromatic rings. The number of nitrogens with zero attached hydrogens (tertiary/aromatic N) is 8. The van der Waals surface area contributed by atoms with Crippen molar-refractivity contribution in [1.29, 1.82) is 0 Å². The van der Waals surface area contributed by atoms with Crippen LogP contribution < -0.4 is 4.90 Å². The number of imidazole rings is 1. The van der Waals surface area contributed by atoms with Gasteiger partial charge in [0.15, 0.2) is 5.82 Å². The first-order valence-electron chi connectivity index (χ1n) is 12.1. The highest BCUT2D eigenvalue weighted by Crippen LogP contribution is 2.42. The predicted octanol–water partition coefficient (Wildman–Crippen LogP) is 3.19. The molecular formula is C24H28F3N9OS. The predicted molar refractivity (Wildman–Crippen MR) is 138 cm³/mol. The smallest absolute Gasteiger partial charge is 0.358 e. The minimum Gasteiger partial charge on any atom is -0.358 e. The van der Waals surface area contributed by atoms with Crippen molar-refractivity contribution in [2.24, 2.45) is 0 Å². The summed E-state index contributed by atoms with van der Waals surface area (Å²) in [5.74, 6) is 1.42. The van der Waals surface area contributed by atoms with Crippen molar-refractivity contribution in [2.75, 3.05) is 45.2 Å². The first kappa shape index (κ1) is 26.1. The van der Waals surface area contributed by atoms with Crippen LogP contribution in [0, 0.1) is 13.8 Å². The van der Waals surface area contributed by atoms with E-state index in [4.69, 9.17) is 0 Å². The number of H-pyrrole nitrogens is 1. The quantitative estimate of drug-likeness (QED) is 0.396. The number of carbonyl (C=O) groups is 1. The van der Waals surface area contributed by atoms with Crippen LogP contribution in [-0.2, 0) is 17.5 Å². The number of likely N-dealkylation sites (N-methyl/N-ethyl adjacent to an activating group) is 1. The molecule has 1 aliphatic rings. The van der Waals surface area contributed by atoms with Crippen LogP contribution in [0.2, 0.25) is 0 Å². The molecule has 0 unspecified atom stereocenters. The summed E-state index contributed by atoms with van der Waals surface area (Å²) < 4.78 is 42.8. The molecule has 1 fully saturated rings. The molecule has 10 nitrogen and oxygen atoms in total. The van der Waals surface area contributed by atoms with E-state index in [2.05, 4.69) is 25.0 Å². The fraction of sp³-hybridized carbons (Fsp3) is 0.458. The average molecular weight is 548 g/mol. The van der Waals surface area contributed by atoms with Crippen LogP contribution >= 0.6 is 11.3 Å². The second-order valence-electron chi connectivity index (χ2n) is 9.59. The van der Waals surface area contributed by atoms with E-state index in [1.54, 1.807) is 29.5 Å². The number of aromatic amines is 1. The molecule has 1 aliphatic heterocycles. The van der Waals surface area contributed by atoms with E-state index in [9.17, 15) is 18.0 Å². The molecule has 38 heavy (non-hydrogen) atoms. The summed E-state index contributed by atoms with van der Waals surface area (Å²) in [6, 6.07) is 7.01. The highest BCUT2D eigenvalue weighted by molar-refractivity contribution is 7.16. The molecule has 0 spiro atoms. The minimum atomic E-state index is -4.59. The van der Waals surface area contributed by atoms with Crippen molar-refractivity contribution in [3.63, 3.8) is 0 Å². The van der Waals surface area contributed by atoms with Crippen LogP contribution in [0.15, 0.2) is 24.3 Å². The topological polar surface area (TPSA) is 99.1 Å². The third kappa shape index (κ3) is 5.23. The van der Waals surface area contributed by atoms with Crippen LogP contribution in [0.1, 0.15) is 16.7 Å². The lowest BCUT2D eigenvalue weighted by Crippen LogP contribution is -2.59. The van der Waals surface area contributed by atoms with Gasteiger partial charge in [-0.3, -0.25) is 4.79 Å². The fourth-order valence-electron chi connectivity index (χ4n) is 4.74. The number of aryl methyl sites for hydroxylation is 2. The van der Waals surface area contributed by atoms with Crippen molar-refractivity contribution in [2.45, 2.75) is 32.6 Å². The maximum absolute atomic E-state index is 13.8. The molecule has 1 atom stereocenters. The Morgan fingerprint density at radius 1 is 1.16 bits per heavy atom. The van der Waals surface area contributed by atoms with Gasteiger partial charge in [-0.05, 0) is 40.1 Å². The van der Waals surface area contributed by atoms with Crippen LogP contribution in [0.25, 0.3) is 22.6 Å². The van der Waals surface area contributed by atoms with Gasteiger partial charge in [0.1, 0.15) is 28.9 Å². The van der Waals surface area contributed by atoms with Gasteiger partial charge in [0.05, 0.1) is 17.1 Å². The summed E-state index contributed by atoms with van der Waals surface area (Å²) in [6.07, 6.45) is -4.59. The van der Waals surface area contributed by atoms with Gasteiger partial charge in [-0.15, -0.1) is 0 Å². The summed E-state index contributed by atoms with van der Waals surface area (Å²) in [6.45, 7) is 5.23. The lowest BCUT2D eigenvalue weighted by atomic mass is 10.1. The van der Waals surface area contributed by atoms with Crippen molar-refractivity contribution in [3.05, 3.63) is 40.9 Å². The zero-order valence-corrected chi connectivity index (χ0v) is 22.3. The van der Waals surface area contributed by atoms with Gasteiger partial charge in [0.2, 0.25) is 10.9 Å². The molecule has 0 saturated carbocycles. The van der Waals surface area contributed by atoms with Crippen LogP contribution in [0.4, 0.5) is 18.2 Å². The standard InChI is InChI=1S/C24H28F3N9OS/c1-14-28-15(2)36(32-14)13-19(37)35-10-9-34(12-16(35)11-33(3)4)22-20(31-23(38-22)24(25,26)27)21-29-17-7-5-6-8-18(17)30-21/h5-8,16H,9-13H2,1-4H3,(H,29,30)/t16-/m1/s1. The molecule has 1 N–H and O–H groups in total. The number of anilines is 1. The molecule has 3 aromatic heterocycles. The van der Waals surface area contributed by atoms with Crippen molar-refractivity contribution in [3.8, 4) is 11.5 Å². The summed E-state index contributed by atoms with van der Waals surface area (Å²) >= 11 is 0.606. The molecule has 0 aliphatic carbocycles. The van der Waals surface area contributed by atoms with Crippen molar-refractivity contribution < 1.29 is 18.0 Å². The Morgan fingerprint density at radius 2 is 1.92 bits per heavy atom.